The third kappa shape index (κ3) is 1.84. The van der Waals surface area contributed by atoms with Crippen LogP contribution >= 0.6 is 0 Å². The number of amides is 1. The van der Waals surface area contributed by atoms with Gasteiger partial charge in [-0.25, -0.2) is 0 Å². The summed E-state index contributed by atoms with van der Waals surface area (Å²) in [6.45, 7) is 0.864. The highest BCUT2D eigenvalue weighted by atomic mass is 16.4. The largest absolute Gasteiger partial charge is 0.480 e. The molecule has 2 heterocycles. The maximum absolute atomic E-state index is 11.6. The second kappa shape index (κ2) is 3.81. The number of carboxylic acid groups (broad SMARTS) is 1. The molecule has 15 heavy (non-hydrogen) atoms. The van der Waals surface area contributed by atoms with Crippen molar-refractivity contribution in [1.82, 2.24) is 9.80 Å². The minimum atomic E-state index is -0.832. The first kappa shape index (κ1) is 10.4. The van der Waals surface area contributed by atoms with E-state index in [9.17, 15) is 9.59 Å². The van der Waals surface area contributed by atoms with Crippen molar-refractivity contribution in [2.75, 3.05) is 20.1 Å². The summed E-state index contributed by atoms with van der Waals surface area (Å²) < 4.78 is 0. The molecule has 2 unspecified atom stereocenters. The third-order valence-corrected chi connectivity index (χ3v) is 3.40. The first-order chi connectivity index (χ1) is 7.09. The van der Waals surface area contributed by atoms with Gasteiger partial charge in [-0.15, -0.1) is 0 Å². The number of rotatable bonds is 3. The fraction of sp³-hybridized carbons (Fsp3) is 0.800. The van der Waals surface area contributed by atoms with Crippen LogP contribution in [-0.4, -0.2) is 59.0 Å². The van der Waals surface area contributed by atoms with Gasteiger partial charge in [0.15, 0.2) is 0 Å². The molecule has 1 N–H and O–H groups in total. The lowest BCUT2D eigenvalue weighted by atomic mass is 10.1. The number of carboxylic acids is 1. The lowest BCUT2D eigenvalue weighted by Crippen LogP contribution is -2.42. The van der Waals surface area contributed by atoms with Crippen molar-refractivity contribution in [3.05, 3.63) is 0 Å². The van der Waals surface area contributed by atoms with Gasteiger partial charge in [0.1, 0.15) is 0 Å². The van der Waals surface area contributed by atoms with E-state index in [0.29, 0.717) is 6.42 Å². The molecule has 2 saturated heterocycles. The van der Waals surface area contributed by atoms with Crippen molar-refractivity contribution in [2.45, 2.75) is 31.3 Å². The van der Waals surface area contributed by atoms with E-state index in [1.54, 1.807) is 11.9 Å². The first-order valence-corrected chi connectivity index (χ1v) is 5.31. The van der Waals surface area contributed by atoms with E-state index in [-0.39, 0.29) is 24.5 Å². The van der Waals surface area contributed by atoms with E-state index >= 15 is 0 Å². The molecular weight excluding hydrogens is 196 g/mol. The normalized spacial score (nSPS) is 30.0. The lowest BCUT2D eigenvalue weighted by Gasteiger charge is -2.27. The third-order valence-electron chi connectivity index (χ3n) is 3.40. The average Bonchev–Trinajstić information content (AvgIpc) is 2.68. The Morgan fingerprint density at radius 2 is 2.40 bits per heavy atom. The number of hydrogen-bond acceptors (Lipinski definition) is 3. The number of fused-ring (bicyclic) bond motifs is 1. The Hall–Kier alpha value is -1.10. The number of likely N-dealkylation sites (N-methyl/N-ethyl adjacent to an activating group) is 1. The van der Waals surface area contributed by atoms with Crippen LogP contribution < -0.4 is 0 Å². The van der Waals surface area contributed by atoms with Crippen LogP contribution in [0.2, 0.25) is 0 Å². The maximum atomic E-state index is 11.6. The van der Waals surface area contributed by atoms with Gasteiger partial charge in [0.05, 0.1) is 6.54 Å². The summed E-state index contributed by atoms with van der Waals surface area (Å²) in [5.41, 5.74) is 0. The molecular formula is C10H16N2O3. The number of aliphatic carboxylic acids is 1. The molecule has 0 aliphatic carbocycles. The fourth-order valence-electron chi connectivity index (χ4n) is 2.71. The van der Waals surface area contributed by atoms with Crippen LogP contribution in [0.3, 0.4) is 0 Å². The fourth-order valence-corrected chi connectivity index (χ4v) is 2.71. The van der Waals surface area contributed by atoms with E-state index in [0.717, 1.165) is 19.4 Å². The Bertz CT molecular complexity index is 292. The molecule has 5 nitrogen and oxygen atoms in total. The second-order valence-electron chi connectivity index (χ2n) is 4.38. The summed E-state index contributed by atoms with van der Waals surface area (Å²) in [5, 5.41) is 8.71. The standard InChI is InChI=1S/C10H16N2O3/c1-11(6-10(14)15)8-5-9(13)12-4-2-3-7(8)12/h7-8H,2-6H2,1H3,(H,14,15). The van der Waals surface area contributed by atoms with Gasteiger partial charge < -0.3 is 10.0 Å². The summed E-state index contributed by atoms with van der Waals surface area (Å²) in [7, 11) is 1.79. The molecule has 0 aromatic carbocycles. The summed E-state index contributed by atoms with van der Waals surface area (Å²) in [6.07, 6.45) is 2.54. The Labute approximate surface area is 88.6 Å². The van der Waals surface area contributed by atoms with Crippen LogP contribution in [-0.2, 0) is 9.59 Å². The highest BCUT2D eigenvalue weighted by molar-refractivity contribution is 5.80. The minimum Gasteiger partial charge on any atom is -0.480 e. The zero-order chi connectivity index (χ0) is 11.0. The van der Waals surface area contributed by atoms with Crippen molar-refractivity contribution < 1.29 is 14.7 Å². The van der Waals surface area contributed by atoms with Crippen LogP contribution in [0, 0.1) is 0 Å². The predicted octanol–water partition coefficient (Wildman–Crippen LogP) is -0.234. The smallest absolute Gasteiger partial charge is 0.317 e. The van der Waals surface area contributed by atoms with Crippen molar-refractivity contribution in [2.24, 2.45) is 0 Å². The summed E-state index contributed by atoms with van der Waals surface area (Å²) in [6, 6.07) is 0.345. The van der Waals surface area contributed by atoms with Gasteiger partial charge in [0.2, 0.25) is 5.91 Å². The number of carbonyl (C=O) groups excluding carboxylic acids is 1. The molecule has 2 aliphatic heterocycles. The van der Waals surface area contributed by atoms with E-state index in [2.05, 4.69) is 0 Å². The van der Waals surface area contributed by atoms with Crippen molar-refractivity contribution in [3.8, 4) is 0 Å². The van der Waals surface area contributed by atoms with Crippen LogP contribution in [0.1, 0.15) is 19.3 Å². The van der Waals surface area contributed by atoms with Crippen LogP contribution in [0.4, 0.5) is 0 Å². The zero-order valence-electron chi connectivity index (χ0n) is 8.85. The van der Waals surface area contributed by atoms with Crippen LogP contribution in [0.15, 0.2) is 0 Å². The maximum Gasteiger partial charge on any atom is 0.317 e. The van der Waals surface area contributed by atoms with Gasteiger partial charge in [0.25, 0.3) is 0 Å². The molecule has 0 saturated carbocycles. The van der Waals surface area contributed by atoms with Gasteiger partial charge in [-0.05, 0) is 19.9 Å². The first-order valence-electron chi connectivity index (χ1n) is 5.31. The molecule has 0 bridgehead atoms. The van der Waals surface area contributed by atoms with Gasteiger partial charge in [-0.2, -0.15) is 0 Å². The Kier molecular flexibility index (Phi) is 2.65. The van der Waals surface area contributed by atoms with Crippen LogP contribution in [0.5, 0.6) is 0 Å². The topological polar surface area (TPSA) is 60.9 Å². The van der Waals surface area contributed by atoms with E-state index < -0.39 is 5.97 Å². The highest BCUT2D eigenvalue weighted by Crippen LogP contribution is 2.31. The van der Waals surface area contributed by atoms with E-state index in [1.807, 2.05) is 4.90 Å². The van der Waals surface area contributed by atoms with Gasteiger partial charge >= 0.3 is 5.97 Å². The average molecular weight is 212 g/mol. The SMILES string of the molecule is CN(CC(=O)O)C1CC(=O)N2CCCC12. The Morgan fingerprint density at radius 1 is 1.67 bits per heavy atom. The molecule has 0 spiro atoms. The van der Waals surface area contributed by atoms with Crippen LogP contribution in [0.25, 0.3) is 0 Å². The quantitative estimate of drug-likeness (QED) is 0.701. The van der Waals surface area contributed by atoms with Gasteiger partial charge in [-0.1, -0.05) is 0 Å². The molecule has 1 amide bonds. The van der Waals surface area contributed by atoms with E-state index in [1.165, 1.54) is 0 Å². The van der Waals surface area contributed by atoms with Crippen molar-refractivity contribution in [3.63, 3.8) is 0 Å². The van der Waals surface area contributed by atoms with Crippen molar-refractivity contribution in [1.29, 1.82) is 0 Å². The molecule has 2 fully saturated rings. The molecule has 5 heteroatoms. The molecule has 0 radical (unpaired) electrons. The second-order valence-corrected chi connectivity index (χ2v) is 4.38. The Balaban J connectivity index is 2.04. The number of hydrogen-bond donors (Lipinski definition) is 1. The highest BCUT2D eigenvalue weighted by Gasteiger charge is 2.44. The molecule has 84 valence electrons. The molecule has 2 rings (SSSR count). The number of carbonyl (C=O) groups is 2. The van der Waals surface area contributed by atoms with Crippen molar-refractivity contribution >= 4 is 11.9 Å². The van der Waals surface area contributed by atoms with Gasteiger partial charge in [0, 0.05) is 25.0 Å². The summed E-state index contributed by atoms with van der Waals surface area (Å²) in [5.74, 6) is -0.652. The molecule has 0 aromatic rings. The zero-order valence-corrected chi connectivity index (χ0v) is 8.85. The monoisotopic (exact) mass is 212 g/mol. The molecule has 0 aromatic heterocycles. The summed E-state index contributed by atoms with van der Waals surface area (Å²) >= 11 is 0. The minimum absolute atomic E-state index is 0.0162. The summed E-state index contributed by atoms with van der Waals surface area (Å²) in [4.78, 5) is 25.9. The lowest BCUT2D eigenvalue weighted by molar-refractivity contribution is -0.138. The van der Waals surface area contributed by atoms with Gasteiger partial charge in [-0.3, -0.25) is 14.5 Å². The molecule has 2 aliphatic rings. The van der Waals surface area contributed by atoms with E-state index in [4.69, 9.17) is 5.11 Å². The molecule has 2 atom stereocenters. The Morgan fingerprint density at radius 3 is 3.07 bits per heavy atom. The predicted molar refractivity (Wildman–Crippen MR) is 53.4 cm³/mol. The number of nitrogens with zero attached hydrogens (tertiary/aromatic N) is 2.